The zero-order valence-electron chi connectivity index (χ0n) is 45.5. The molecule has 2 amide bonds. The van der Waals surface area contributed by atoms with Crippen molar-refractivity contribution in [1.82, 2.24) is 10.4 Å². The molecule has 2 N–H and O–H groups in total. The first-order chi connectivity index (χ1) is 38.8. The normalized spacial score (nSPS) is 19.7. The van der Waals surface area contributed by atoms with Gasteiger partial charge < -0.3 is 38.2 Å². The highest BCUT2D eigenvalue weighted by atomic mass is 35.5. The minimum absolute atomic E-state index is 0.00312. The van der Waals surface area contributed by atoms with Gasteiger partial charge in [-0.2, -0.15) is 17.2 Å². The maximum Gasteiger partial charge on any atom is 0.313 e. The van der Waals surface area contributed by atoms with E-state index < -0.39 is 80.2 Å². The highest BCUT2D eigenvalue weighted by Gasteiger charge is 2.62. The van der Waals surface area contributed by atoms with Crippen molar-refractivity contribution in [3.8, 4) is 17.2 Å². The van der Waals surface area contributed by atoms with Gasteiger partial charge in [-0.25, -0.2) is 13.8 Å². The molecule has 6 heterocycles. The Labute approximate surface area is 491 Å². The van der Waals surface area contributed by atoms with Crippen LogP contribution in [0.4, 0.5) is 28.9 Å². The lowest BCUT2D eigenvalue weighted by Gasteiger charge is -2.53. The van der Waals surface area contributed by atoms with E-state index >= 15 is 4.79 Å². The molecule has 0 bridgehead atoms. The average molecular weight is 1240 g/mol. The molecule has 0 fully saturated rings. The predicted molar refractivity (Wildman–Crippen MR) is 300 cm³/mol. The molecule has 2 unspecified atom stereocenters. The molecule has 442 valence electrons. The van der Waals surface area contributed by atoms with Crippen molar-refractivity contribution in [1.29, 1.82) is 0 Å². The highest BCUT2D eigenvalue weighted by Crippen LogP contribution is 2.66. The fourth-order valence-electron chi connectivity index (χ4n) is 12.7. The van der Waals surface area contributed by atoms with Gasteiger partial charge in [0, 0.05) is 63.8 Å². The number of hydrogen-bond acceptors (Lipinski definition) is 13. The second-order valence-corrected chi connectivity index (χ2v) is 25.2. The van der Waals surface area contributed by atoms with E-state index in [4.69, 9.17) is 70.1 Å². The number of anilines is 2. The number of benzene rings is 4. The van der Waals surface area contributed by atoms with E-state index in [1.54, 1.807) is 6.07 Å². The molecule has 6 aliphatic heterocycles. The minimum atomic E-state index is -4.60. The number of halogens is 8. The SMILES string of the molecule is CCC1CC(C)(C)N2CCCc3c4c(cc1c32)C1(c2cc3c5c(c2O4)CCCN5C(C)(C)C=C3CS(=O)(=O)O)c2c(Cl)c(Cl)c(Cl)c(Cl)c2C(=O)N1NC(=O)CCOCCOCCOCCOCCC(=O)Oc1c(F)c(F)cc(F)c1F. The van der Waals surface area contributed by atoms with Crippen molar-refractivity contribution in [2.75, 3.05) is 81.5 Å². The number of carbonyl (C=O) groups excluding carboxylic acids is 3. The van der Waals surface area contributed by atoms with Gasteiger partial charge in [0.2, 0.25) is 23.3 Å². The fourth-order valence-corrected chi connectivity index (χ4v) is 14.4. The molecular weight excluding hydrogens is 1180 g/mol. The first-order valence-corrected chi connectivity index (χ1v) is 30.1. The lowest BCUT2D eigenvalue weighted by atomic mass is 9.68. The highest BCUT2D eigenvalue weighted by molar-refractivity contribution is 7.86. The quantitative estimate of drug-likeness (QED) is 0.0162. The third kappa shape index (κ3) is 10.6. The average Bonchev–Trinajstić information content (AvgIpc) is 1.34. The van der Waals surface area contributed by atoms with Gasteiger partial charge in [0.05, 0.1) is 103 Å². The van der Waals surface area contributed by atoms with Crippen molar-refractivity contribution in [2.24, 2.45) is 0 Å². The third-order valence-electron chi connectivity index (χ3n) is 16.1. The van der Waals surface area contributed by atoms with Crippen LogP contribution in [0.3, 0.4) is 0 Å². The number of carbonyl (C=O) groups is 3. The molecule has 0 saturated heterocycles. The summed E-state index contributed by atoms with van der Waals surface area (Å²) in [4.78, 5) is 46.9. The van der Waals surface area contributed by atoms with E-state index in [1.165, 1.54) is 5.01 Å². The van der Waals surface area contributed by atoms with Crippen LogP contribution in [0.1, 0.15) is 128 Å². The lowest BCUT2D eigenvalue weighted by molar-refractivity contribution is -0.136. The molecule has 0 aromatic heterocycles. The second kappa shape index (κ2) is 23.1. The van der Waals surface area contributed by atoms with Gasteiger partial charge in [-0.1, -0.05) is 59.4 Å². The number of hydrogen-bond donors (Lipinski definition) is 2. The number of amides is 2. The van der Waals surface area contributed by atoms with Crippen LogP contribution >= 0.6 is 46.4 Å². The van der Waals surface area contributed by atoms with Gasteiger partial charge in [0.1, 0.15) is 22.8 Å². The maximum absolute atomic E-state index is 15.7. The number of rotatable bonds is 20. The molecular formula is C57H60Cl4F4N4O12S. The summed E-state index contributed by atoms with van der Waals surface area (Å²) in [5.41, 5.74) is 6.35. The van der Waals surface area contributed by atoms with Crippen LogP contribution in [0.25, 0.3) is 5.57 Å². The van der Waals surface area contributed by atoms with Crippen LogP contribution in [-0.4, -0.2) is 119 Å². The van der Waals surface area contributed by atoms with E-state index in [0.29, 0.717) is 59.6 Å². The number of hydrazine groups is 1. The number of ether oxygens (including phenoxy) is 6. The van der Waals surface area contributed by atoms with Gasteiger partial charge in [-0.05, 0) is 95.4 Å². The summed E-state index contributed by atoms with van der Waals surface area (Å²) in [7, 11) is -4.60. The van der Waals surface area contributed by atoms with Crippen molar-refractivity contribution in [3.05, 3.63) is 112 Å². The monoisotopic (exact) mass is 1240 g/mol. The van der Waals surface area contributed by atoms with E-state index in [1.807, 2.05) is 19.9 Å². The van der Waals surface area contributed by atoms with Crippen LogP contribution in [0.2, 0.25) is 20.1 Å². The Morgan fingerprint density at radius 2 is 1.30 bits per heavy atom. The smallest absolute Gasteiger partial charge is 0.313 e. The Hall–Kier alpha value is -4.94. The summed E-state index contributed by atoms with van der Waals surface area (Å²) in [5, 5.41) is 0.643. The summed E-state index contributed by atoms with van der Waals surface area (Å²) in [6.07, 6.45) is 5.31. The van der Waals surface area contributed by atoms with Gasteiger partial charge >= 0.3 is 5.97 Å². The molecule has 2 atom stereocenters. The molecule has 10 rings (SSSR count). The minimum Gasteiger partial charge on any atom is -0.456 e. The Bertz CT molecular complexity index is 3440. The van der Waals surface area contributed by atoms with Crippen molar-refractivity contribution < 1.29 is 73.3 Å². The summed E-state index contributed by atoms with van der Waals surface area (Å²) in [5.74, 6) is -10.9. The van der Waals surface area contributed by atoms with Gasteiger partial charge in [-0.15, -0.1) is 0 Å². The van der Waals surface area contributed by atoms with Crippen molar-refractivity contribution in [3.63, 3.8) is 0 Å². The molecule has 0 aliphatic carbocycles. The summed E-state index contributed by atoms with van der Waals surface area (Å²) >= 11 is 28.5. The largest absolute Gasteiger partial charge is 0.456 e. The summed E-state index contributed by atoms with van der Waals surface area (Å²) in [6, 6.07) is 3.85. The topological polar surface area (TPSA) is 183 Å². The third-order valence-corrected chi connectivity index (χ3v) is 18.6. The summed E-state index contributed by atoms with van der Waals surface area (Å²) in [6.45, 7) is 12.3. The fraction of sp³-hybridized carbons (Fsp3) is 0.491. The van der Waals surface area contributed by atoms with Gasteiger partial charge in [-0.3, -0.25) is 24.4 Å². The standard InChI is InChI=1S/C57H60Cl4F4N4O12S/c1-6-29-26-55(2,3)67-13-7-9-31-49(67)33(29)23-35-51(31)81-52-32-10-8-14-68-50(32)34(30(27-56(68,4)5)28-82(73,74)75)24-36(52)57(35)42-41(43(58)45(60)46(61)44(42)59)54(72)69(57)66-39(70)11-15-76-17-19-78-21-22-79-20-18-77-16-12-40(71)80-53-47(64)37(62)25-38(63)48(53)65/h23-25,27,29H,6-22,26,28H2,1-5H3,(H,66,70)(H,73,74,75). The van der Waals surface area contributed by atoms with Crippen LogP contribution in [0.5, 0.6) is 17.2 Å². The second-order valence-electron chi connectivity index (χ2n) is 22.2. The molecule has 4 aromatic rings. The van der Waals surface area contributed by atoms with Gasteiger partial charge in [0.15, 0.2) is 11.6 Å². The zero-order valence-corrected chi connectivity index (χ0v) is 49.4. The van der Waals surface area contributed by atoms with E-state index in [0.717, 1.165) is 53.9 Å². The van der Waals surface area contributed by atoms with E-state index in [2.05, 4.69) is 46.8 Å². The Morgan fingerprint density at radius 1 is 0.756 bits per heavy atom. The molecule has 82 heavy (non-hydrogen) atoms. The summed E-state index contributed by atoms with van der Waals surface area (Å²) < 4.78 is 125. The molecule has 1 spiro atoms. The number of nitrogens with zero attached hydrogens (tertiary/aromatic N) is 3. The van der Waals surface area contributed by atoms with E-state index in [9.17, 15) is 40.1 Å². The maximum atomic E-state index is 15.7. The molecule has 16 nitrogen and oxygen atoms in total. The first kappa shape index (κ1) is 60.2. The molecule has 25 heteroatoms. The molecule has 6 aliphatic rings. The van der Waals surface area contributed by atoms with E-state index in [-0.39, 0.29) is 108 Å². The van der Waals surface area contributed by atoms with Crippen LogP contribution in [0, 0.1) is 23.3 Å². The Kier molecular flexibility index (Phi) is 17.0. The zero-order chi connectivity index (χ0) is 59.0. The molecule has 0 radical (unpaired) electrons. The lowest BCUT2D eigenvalue weighted by Crippen LogP contribution is -2.57. The van der Waals surface area contributed by atoms with Crippen molar-refractivity contribution >= 4 is 91.3 Å². The number of nitrogens with one attached hydrogen (secondary N) is 1. The first-order valence-electron chi connectivity index (χ1n) is 27.0. The van der Waals surface area contributed by atoms with Crippen LogP contribution < -0.4 is 24.7 Å². The Balaban J connectivity index is 0.904. The predicted octanol–water partition coefficient (Wildman–Crippen LogP) is 11.4. The van der Waals surface area contributed by atoms with Crippen LogP contribution in [0.15, 0.2) is 24.3 Å². The molecule has 4 aromatic carbocycles. The van der Waals surface area contributed by atoms with Gasteiger partial charge in [0.25, 0.3) is 16.0 Å². The molecule has 0 saturated carbocycles. The Morgan fingerprint density at radius 3 is 1.90 bits per heavy atom. The number of fused-ring (bicyclic) bond motifs is 8. The van der Waals surface area contributed by atoms with Crippen molar-refractivity contribution in [2.45, 2.75) is 109 Å². The number of esters is 1. The van der Waals surface area contributed by atoms with Crippen LogP contribution in [-0.2, 0) is 57.0 Å².